The van der Waals surface area contributed by atoms with Gasteiger partial charge in [-0.25, -0.2) is 4.68 Å². The maximum atomic E-state index is 4.27. The molecule has 0 amide bonds. The molecule has 0 saturated carbocycles. The first-order valence-corrected chi connectivity index (χ1v) is 7.36. The summed E-state index contributed by atoms with van der Waals surface area (Å²) in [6.45, 7) is 3.20. The average molecular weight is 296 g/mol. The number of unbranched alkanes of at least 4 members (excludes halogenated alkanes) is 3. The van der Waals surface area contributed by atoms with E-state index in [2.05, 4.69) is 51.4 Å². The third-order valence-corrected chi connectivity index (χ3v) is 3.60. The van der Waals surface area contributed by atoms with E-state index in [0.717, 1.165) is 22.9 Å². The fourth-order valence-electron chi connectivity index (χ4n) is 2.01. The summed E-state index contributed by atoms with van der Waals surface area (Å²) in [7, 11) is 0. The van der Waals surface area contributed by atoms with Gasteiger partial charge in [0, 0.05) is 11.9 Å². The largest absolute Gasteiger partial charge is 0.245 e. The lowest BCUT2D eigenvalue weighted by molar-refractivity contribution is 0.539. The summed E-state index contributed by atoms with van der Waals surface area (Å²) in [5.41, 5.74) is 3.39. The summed E-state index contributed by atoms with van der Waals surface area (Å²) in [6.07, 6.45) is 5.03. The Balaban J connectivity index is 2.13. The van der Waals surface area contributed by atoms with Crippen LogP contribution < -0.4 is 0 Å². The number of fused-ring (bicyclic) bond motifs is 1. The van der Waals surface area contributed by atoms with E-state index in [1.807, 2.05) is 4.68 Å². The van der Waals surface area contributed by atoms with E-state index in [9.17, 15) is 0 Å². The highest BCUT2D eigenvalue weighted by atomic mass is 79.9. The zero-order valence-electron chi connectivity index (χ0n) is 10.2. The Bertz CT molecular complexity index is 478. The summed E-state index contributed by atoms with van der Waals surface area (Å²) >= 11 is 3.48. The van der Waals surface area contributed by atoms with Crippen LogP contribution in [0.5, 0.6) is 0 Å². The zero-order valence-corrected chi connectivity index (χ0v) is 11.8. The van der Waals surface area contributed by atoms with E-state index in [1.165, 1.54) is 31.2 Å². The van der Waals surface area contributed by atoms with Crippen molar-refractivity contribution in [3.8, 4) is 0 Å². The van der Waals surface area contributed by atoms with Gasteiger partial charge in [0.2, 0.25) is 0 Å². The number of rotatable bonds is 6. The Morgan fingerprint density at radius 2 is 2.12 bits per heavy atom. The smallest absolute Gasteiger partial charge is 0.117 e. The second-order valence-corrected chi connectivity index (χ2v) is 4.85. The molecule has 2 rings (SSSR count). The third kappa shape index (κ3) is 2.86. The molecule has 1 aromatic heterocycles. The first-order chi connectivity index (χ1) is 8.36. The molecule has 0 spiro atoms. The molecule has 0 atom stereocenters. The van der Waals surface area contributed by atoms with Crippen LogP contribution in [-0.2, 0) is 11.9 Å². The summed E-state index contributed by atoms with van der Waals surface area (Å²) in [5, 5.41) is 9.35. The molecule has 3 nitrogen and oxygen atoms in total. The molecule has 2 aromatic rings. The van der Waals surface area contributed by atoms with Gasteiger partial charge in [0.1, 0.15) is 5.52 Å². The van der Waals surface area contributed by atoms with Gasteiger partial charge in [-0.05, 0) is 18.1 Å². The molecule has 0 aliphatic rings. The summed E-state index contributed by atoms with van der Waals surface area (Å²) in [6, 6.07) is 6.26. The Kier molecular flexibility index (Phi) is 4.54. The molecule has 0 fully saturated rings. The van der Waals surface area contributed by atoms with Crippen LogP contribution in [0.15, 0.2) is 18.2 Å². The van der Waals surface area contributed by atoms with E-state index in [4.69, 9.17) is 0 Å². The molecular weight excluding hydrogens is 278 g/mol. The van der Waals surface area contributed by atoms with Crippen LogP contribution >= 0.6 is 15.9 Å². The van der Waals surface area contributed by atoms with Crippen LogP contribution in [0.25, 0.3) is 11.0 Å². The van der Waals surface area contributed by atoms with Crippen molar-refractivity contribution in [3.05, 3.63) is 23.8 Å². The van der Waals surface area contributed by atoms with Gasteiger partial charge in [0.25, 0.3) is 0 Å². The monoisotopic (exact) mass is 295 g/mol. The second kappa shape index (κ2) is 6.15. The number of hydrogen-bond acceptors (Lipinski definition) is 2. The zero-order chi connectivity index (χ0) is 12.1. The first-order valence-electron chi connectivity index (χ1n) is 6.24. The molecule has 1 aromatic carbocycles. The number of hydrogen-bond donors (Lipinski definition) is 0. The molecule has 0 radical (unpaired) electrons. The van der Waals surface area contributed by atoms with Crippen molar-refractivity contribution < 1.29 is 0 Å². The number of benzene rings is 1. The molecule has 0 saturated heterocycles. The number of aryl methyl sites for hydroxylation is 1. The van der Waals surface area contributed by atoms with Gasteiger partial charge in [-0.3, -0.25) is 0 Å². The van der Waals surface area contributed by atoms with Crippen LogP contribution in [0.3, 0.4) is 0 Å². The van der Waals surface area contributed by atoms with Gasteiger partial charge >= 0.3 is 0 Å². The third-order valence-electron chi connectivity index (χ3n) is 3.00. The van der Waals surface area contributed by atoms with Gasteiger partial charge < -0.3 is 0 Å². The van der Waals surface area contributed by atoms with E-state index in [0.29, 0.717) is 0 Å². The minimum atomic E-state index is 0.832. The molecule has 1 heterocycles. The van der Waals surface area contributed by atoms with Gasteiger partial charge in [-0.1, -0.05) is 59.5 Å². The fraction of sp³-hybridized carbons (Fsp3) is 0.538. The quantitative estimate of drug-likeness (QED) is 0.598. The topological polar surface area (TPSA) is 30.7 Å². The van der Waals surface area contributed by atoms with E-state index in [1.54, 1.807) is 0 Å². The Labute approximate surface area is 110 Å². The van der Waals surface area contributed by atoms with Crippen molar-refractivity contribution in [2.75, 3.05) is 0 Å². The highest BCUT2D eigenvalue weighted by Gasteiger charge is 2.07. The normalized spacial score (nSPS) is 11.2. The van der Waals surface area contributed by atoms with E-state index < -0.39 is 0 Å². The first kappa shape index (κ1) is 12.6. The highest BCUT2D eigenvalue weighted by molar-refractivity contribution is 9.08. The minimum absolute atomic E-state index is 0.832. The van der Waals surface area contributed by atoms with Crippen LogP contribution in [0.1, 0.15) is 38.2 Å². The second-order valence-electron chi connectivity index (χ2n) is 4.29. The number of nitrogens with zero attached hydrogens (tertiary/aromatic N) is 3. The Hall–Kier alpha value is -0.900. The summed E-state index contributed by atoms with van der Waals surface area (Å²) in [4.78, 5) is 0. The van der Waals surface area contributed by atoms with Crippen LogP contribution in [0, 0.1) is 0 Å². The Morgan fingerprint density at radius 1 is 1.24 bits per heavy atom. The number of aromatic nitrogens is 3. The minimum Gasteiger partial charge on any atom is -0.245 e. The van der Waals surface area contributed by atoms with Crippen molar-refractivity contribution >= 4 is 27.0 Å². The van der Waals surface area contributed by atoms with Crippen LogP contribution in [-0.4, -0.2) is 15.0 Å². The van der Waals surface area contributed by atoms with Gasteiger partial charge in [-0.15, -0.1) is 5.10 Å². The molecule has 4 heteroatoms. The van der Waals surface area contributed by atoms with Crippen LogP contribution in [0.4, 0.5) is 0 Å². The molecule has 0 bridgehead atoms. The molecule has 0 N–H and O–H groups in total. The predicted octanol–water partition coefficient (Wildman–Crippen LogP) is 3.91. The van der Waals surface area contributed by atoms with Crippen molar-refractivity contribution in [2.45, 2.75) is 44.5 Å². The SMILES string of the molecule is CCCCCCn1nnc2c(CBr)cccc21. The molecular formula is C13H18BrN3. The molecule has 0 aliphatic carbocycles. The average Bonchev–Trinajstić information content (AvgIpc) is 2.78. The standard InChI is InChI=1S/C13H18BrN3/c1-2-3-4-5-9-17-12-8-6-7-11(10-14)13(12)15-16-17/h6-8H,2-5,9-10H2,1H3. The van der Waals surface area contributed by atoms with Gasteiger partial charge in [-0.2, -0.15) is 0 Å². The molecule has 17 heavy (non-hydrogen) atoms. The van der Waals surface area contributed by atoms with Gasteiger partial charge in [0.05, 0.1) is 5.52 Å². The number of alkyl halides is 1. The predicted molar refractivity (Wildman–Crippen MR) is 74.3 cm³/mol. The van der Waals surface area contributed by atoms with Crippen molar-refractivity contribution in [2.24, 2.45) is 0 Å². The van der Waals surface area contributed by atoms with Crippen LogP contribution in [0.2, 0.25) is 0 Å². The number of halogens is 1. The molecule has 0 aliphatic heterocycles. The molecule has 0 unspecified atom stereocenters. The Morgan fingerprint density at radius 3 is 2.88 bits per heavy atom. The lowest BCUT2D eigenvalue weighted by atomic mass is 10.2. The highest BCUT2D eigenvalue weighted by Crippen LogP contribution is 2.18. The lowest BCUT2D eigenvalue weighted by Crippen LogP contribution is -2.00. The maximum absolute atomic E-state index is 4.27. The fourth-order valence-corrected chi connectivity index (χ4v) is 2.46. The maximum Gasteiger partial charge on any atom is 0.117 e. The van der Waals surface area contributed by atoms with E-state index in [-0.39, 0.29) is 0 Å². The summed E-state index contributed by atoms with van der Waals surface area (Å²) in [5.74, 6) is 0. The van der Waals surface area contributed by atoms with E-state index >= 15 is 0 Å². The van der Waals surface area contributed by atoms with Crippen molar-refractivity contribution in [1.82, 2.24) is 15.0 Å². The van der Waals surface area contributed by atoms with Gasteiger partial charge in [0.15, 0.2) is 0 Å². The van der Waals surface area contributed by atoms with Crippen molar-refractivity contribution in [1.29, 1.82) is 0 Å². The lowest BCUT2D eigenvalue weighted by Gasteiger charge is -2.02. The van der Waals surface area contributed by atoms with Crippen molar-refractivity contribution in [3.63, 3.8) is 0 Å². The molecule has 92 valence electrons. The summed E-state index contributed by atoms with van der Waals surface area (Å²) < 4.78 is 2.02.